The Morgan fingerprint density at radius 2 is 1.95 bits per heavy atom. The van der Waals surface area contributed by atoms with Gasteiger partial charge in [-0.2, -0.15) is 0 Å². The van der Waals surface area contributed by atoms with Gasteiger partial charge in [-0.25, -0.2) is 0 Å². The Morgan fingerprint density at radius 1 is 1.10 bits per heavy atom. The molecule has 0 amide bonds. The van der Waals surface area contributed by atoms with Crippen LogP contribution in [-0.4, -0.2) is 26.3 Å². The average molecular weight is 267 g/mol. The van der Waals surface area contributed by atoms with E-state index in [2.05, 4.69) is 47.8 Å². The van der Waals surface area contributed by atoms with Gasteiger partial charge in [0, 0.05) is 5.41 Å². The van der Waals surface area contributed by atoms with Crippen LogP contribution in [0.4, 0.5) is 0 Å². The van der Waals surface area contributed by atoms with Crippen molar-refractivity contribution < 1.29 is 4.74 Å². The van der Waals surface area contributed by atoms with Gasteiger partial charge in [-0.05, 0) is 48.2 Å². The maximum atomic E-state index is 5.63. The highest BCUT2D eigenvalue weighted by atomic mass is 16.5. The summed E-state index contributed by atoms with van der Waals surface area (Å²) in [7, 11) is 0. The van der Waals surface area contributed by atoms with E-state index in [0.717, 1.165) is 19.1 Å². The number of benzene rings is 2. The summed E-state index contributed by atoms with van der Waals surface area (Å²) in [6.45, 7) is 4.12. The van der Waals surface area contributed by atoms with Crippen molar-refractivity contribution in [1.82, 2.24) is 5.32 Å². The van der Waals surface area contributed by atoms with Crippen LogP contribution in [-0.2, 0) is 10.2 Å². The van der Waals surface area contributed by atoms with E-state index in [1.807, 2.05) is 0 Å². The van der Waals surface area contributed by atoms with Gasteiger partial charge >= 0.3 is 0 Å². The molecule has 2 aromatic rings. The van der Waals surface area contributed by atoms with Gasteiger partial charge in [0.25, 0.3) is 0 Å². The number of fused-ring (bicyclic) bond motifs is 1. The second-order valence-electron chi connectivity index (χ2n) is 6.36. The molecular formula is C18H21NO. The summed E-state index contributed by atoms with van der Waals surface area (Å²) in [6, 6.07) is 15.5. The van der Waals surface area contributed by atoms with E-state index in [4.69, 9.17) is 4.74 Å². The molecule has 104 valence electrons. The fraction of sp³-hybridized carbons (Fsp3) is 0.444. The number of ether oxygens (including phenoxy) is 1. The summed E-state index contributed by atoms with van der Waals surface area (Å²) in [5, 5.41) is 6.25. The Labute approximate surface area is 120 Å². The molecule has 2 aliphatic heterocycles. The van der Waals surface area contributed by atoms with Crippen molar-refractivity contribution in [2.45, 2.75) is 18.3 Å². The first-order chi connectivity index (χ1) is 9.87. The van der Waals surface area contributed by atoms with Crippen LogP contribution >= 0.6 is 0 Å². The SMILES string of the molecule is c1ccc2c(C3(CC4CCNC4)COC3)cccc2c1. The molecule has 0 saturated carbocycles. The molecule has 1 atom stereocenters. The van der Waals surface area contributed by atoms with Crippen molar-refractivity contribution in [3.8, 4) is 0 Å². The predicted octanol–water partition coefficient (Wildman–Crippen LogP) is 3.11. The van der Waals surface area contributed by atoms with Crippen LogP contribution in [0.25, 0.3) is 10.8 Å². The second kappa shape index (κ2) is 4.87. The summed E-state index contributed by atoms with van der Waals surface area (Å²) < 4.78 is 5.63. The van der Waals surface area contributed by atoms with Crippen molar-refractivity contribution in [3.63, 3.8) is 0 Å². The minimum absolute atomic E-state index is 0.248. The highest BCUT2D eigenvalue weighted by Gasteiger charge is 2.43. The quantitative estimate of drug-likeness (QED) is 0.922. The molecule has 0 aromatic heterocycles. The van der Waals surface area contributed by atoms with E-state index in [9.17, 15) is 0 Å². The molecule has 0 bridgehead atoms. The first-order valence-electron chi connectivity index (χ1n) is 7.64. The van der Waals surface area contributed by atoms with Gasteiger partial charge in [0.1, 0.15) is 0 Å². The standard InChI is InChI=1S/C18H21NO/c1-2-6-16-15(4-1)5-3-7-17(16)18(12-20-13-18)10-14-8-9-19-11-14/h1-7,14,19H,8-13H2. The third-order valence-electron chi connectivity index (χ3n) is 4.96. The van der Waals surface area contributed by atoms with E-state index in [1.54, 1.807) is 0 Å². The Morgan fingerprint density at radius 3 is 2.70 bits per heavy atom. The lowest BCUT2D eigenvalue weighted by Gasteiger charge is -2.44. The maximum Gasteiger partial charge on any atom is 0.0585 e. The molecule has 0 spiro atoms. The first kappa shape index (κ1) is 12.4. The monoisotopic (exact) mass is 267 g/mol. The Balaban J connectivity index is 1.75. The lowest BCUT2D eigenvalue weighted by atomic mass is 9.70. The highest BCUT2D eigenvalue weighted by Crippen LogP contribution is 2.42. The lowest BCUT2D eigenvalue weighted by Crippen LogP contribution is -2.48. The number of rotatable bonds is 3. The summed E-state index contributed by atoms with van der Waals surface area (Å²) in [5.41, 5.74) is 1.74. The fourth-order valence-electron chi connectivity index (χ4n) is 3.86. The molecule has 1 N–H and O–H groups in total. The molecule has 1 unspecified atom stereocenters. The minimum Gasteiger partial charge on any atom is -0.379 e. The van der Waals surface area contributed by atoms with Crippen molar-refractivity contribution in [2.24, 2.45) is 5.92 Å². The van der Waals surface area contributed by atoms with E-state index >= 15 is 0 Å². The third-order valence-corrected chi connectivity index (χ3v) is 4.96. The zero-order valence-corrected chi connectivity index (χ0v) is 11.8. The Hall–Kier alpha value is -1.38. The number of hydrogen-bond acceptors (Lipinski definition) is 2. The fourth-order valence-corrected chi connectivity index (χ4v) is 3.86. The molecule has 20 heavy (non-hydrogen) atoms. The van der Waals surface area contributed by atoms with Crippen LogP contribution in [0.3, 0.4) is 0 Å². The number of nitrogens with one attached hydrogen (secondary N) is 1. The van der Waals surface area contributed by atoms with Gasteiger partial charge in [0.2, 0.25) is 0 Å². The molecular weight excluding hydrogens is 246 g/mol. The minimum atomic E-state index is 0.248. The molecule has 2 saturated heterocycles. The third kappa shape index (κ3) is 1.95. The van der Waals surface area contributed by atoms with Gasteiger partial charge in [-0.3, -0.25) is 0 Å². The summed E-state index contributed by atoms with van der Waals surface area (Å²) in [6.07, 6.45) is 2.57. The molecule has 2 aliphatic rings. The average Bonchev–Trinajstić information content (AvgIpc) is 2.95. The van der Waals surface area contributed by atoms with Crippen LogP contribution < -0.4 is 5.32 Å². The molecule has 2 fully saturated rings. The smallest absolute Gasteiger partial charge is 0.0585 e. The zero-order valence-electron chi connectivity index (χ0n) is 11.8. The van der Waals surface area contributed by atoms with E-state index in [-0.39, 0.29) is 5.41 Å². The summed E-state index contributed by atoms with van der Waals surface area (Å²) in [4.78, 5) is 0. The first-order valence-corrected chi connectivity index (χ1v) is 7.64. The largest absolute Gasteiger partial charge is 0.379 e. The zero-order chi connectivity index (χ0) is 13.4. The van der Waals surface area contributed by atoms with Crippen molar-refractivity contribution in [2.75, 3.05) is 26.3 Å². The molecule has 0 aliphatic carbocycles. The van der Waals surface area contributed by atoms with Crippen molar-refractivity contribution in [3.05, 3.63) is 48.0 Å². The van der Waals surface area contributed by atoms with Crippen LogP contribution in [0.5, 0.6) is 0 Å². The van der Waals surface area contributed by atoms with Gasteiger partial charge in [0.15, 0.2) is 0 Å². The van der Waals surface area contributed by atoms with Gasteiger partial charge < -0.3 is 10.1 Å². The Bertz CT molecular complexity index is 606. The topological polar surface area (TPSA) is 21.3 Å². The van der Waals surface area contributed by atoms with Gasteiger partial charge in [-0.1, -0.05) is 42.5 Å². The van der Waals surface area contributed by atoms with Crippen LogP contribution in [0.15, 0.2) is 42.5 Å². The van der Waals surface area contributed by atoms with E-state index < -0.39 is 0 Å². The molecule has 2 aromatic carbocycles. The summed E-state index contributed by atoms with van der Waals surface area (Å²) >= 11 is 0. The van der Waals surface area contributed by atoms with Crippen LogP contribution in [0.1, 0.15) is 18.4 Å². The number of hydrogen-bond donors (Lipinski definition) is 1. The highest BCUT2D eigenvalue weighted by molar-refractivity contribution is 5.86. The second-order valence-corrected chi connectivity index (χ2v) is 6.36. The Kier molecular flexibility index (Phi) is 3.01. The molecule has 2 heterocycles. The predicted molar refractivity (Wildman–Crippen MR) is 82.0 cm³/mol. The normalized spacial score (nSPS) is 24.7. The maximum absolute atomic E-state index is 5.63. The molecule has 0 radical (unpaired) electrons. The van der Waals surface area contributed by atoms with Crippen molar-refractivity contribution in [1.29, 1.82) is 0 Å². The van der Waals surface area contributed by atoms with Gasteiger partial charge in [0.05, 0.1) is 13.2 Å². The van der Waals surface area contributed by atoms with Gasteiger partial charge in [-0.15, -0.1) is 0 Å². The van der Waals surface area contributed by atoms with Crippen molar-refractivity contribution >= 4 is 10.8 Å². The lowest BCUT2D eigenvalue weighted by molar-refractivity contribution is -0.0698. The molecule has 4 rings (SSSR count). The molecule has 2 nitrogen and oxygen atoms in total. The summed E-state index contributed by atoms with van der Waals surface area (Å²) in [5.74, 6) is 0.804. The van der Waals surface area contributed by atoms with E-state index in [0.29, 0.717) is 0 Å². The van der Waals surface area contributed by atoms with Crippen LogP contribution in [0.2, 0.25) is 0 Å². The van der Waals surface area contributed by atoms with E-state index in [1.165, 1.54) is 42.3 Å². The molecule has 2 heteroatoms. The van der Waals surface area contributed by atoms with Crippen LogP contribution in [0, 0.1) is 5.92 Å².